The summed E-state index contributed by atoms with van der Waals surface area (Å²) in [5, 5.41) is 2.78. The predicted octanol–water partition coefficient (Wildman–Crippen LogP) is 4.94. The van der Waals surface area contributed by atoms with Crippen molar-refractivity contribution in [2.75, 3.05) is 24.3 Å². The lowest BCUT2D eigenvalue weighted by atomic mass is 10.1. The maximum Gasteiger partial charge on any atom is 0.413 e. The van der Waals surface area contributed by atoms with Gasteiger partial charge in [-0.1, -0.05) is 37.3 Å². The van der Waals surface area contributed by atoms with Gasteiger partial charge in [-0.15, -0.1) is 0 Å². The lowest BCUT2D eigenvalue weighted by Gasteiger charge is -2.24. The maximum atomic E-state index is 12.4. The molecule has 0 aliphatic rings. The molecule has 0 bridgehead atoms. The smallest absolute Gasteiger partial charge is 0.413 e. The topological polar surface area (TPSA) is 63.7 Å². The largest absolute Gasteiger partial charge is 0.485 e. The fraction of sp³-hybridized carbons (Fsp3) is 0.455. The van der Waals surface area contributed by atoms with Crippen LogP contribution in [0.15, 0.2) is 30.3 Å². The summed E-state index contributed by atoms with van der Waals surface area (Å²) in [6.07, 6.45) is 0.197. The number of benzene rings is 1. The number of nitrogens with one attached hydrogen (secondary N) is 1. The Morgan fingerprint density at radius 3 is 2.36 bits per heavy atom. The van der Waals surface area contributed by atoms with Crippen LogP contribution in [0.5, 0.6) is 5.75 Å². The first kappa shape index (κ1) is 21.5. The molecule has 0 unspecified atom stereocenters. The Kier molecular flexibility index (Phi) is 6.89. The molecular weight excluding hydrogens is 354 g/mol. The van der Waals surface area contributed by atoms with Crippen LogP contribution in [-0.2, 0) is 17.8 Å². The molecule has 0 aliphatic carbocycles. The lowest BCUT2D eigenvalue weighted by Crippen LogP contribution is -2.28. The number of ether oxygens (including phenoxy) is 2. The molecule has 1 heterocycles. The van der Waals surface area contributed by atoms with Gasteiger partial charge < -0.3 is 14.4 Å². The van der Waals surface area contributed by atoms with Crippen LogP contribution in [0.1, 0.15) is 44.4 Å². The van der Waals surface area contributed by atoms with Gasteiger partial charge in [0.25, 0.3) is 0 Å². The Hall–Kier alpha value is -2.76. The normalized spacial score (nSPS) is 11.1. The van der Waals surface area contributed by atoms with Crippen LogP contribution in [0.3, 0.4) is 0 Å². The molecule has 0 spiro atoms. The highest BCUT2D eigenvalue weighted by molar-refractivity contribution is 5.86. The summed E-state index contributed by atoms with van der Waals surface area (Å²) >= 11 is 0. The van der Waals surface area contributed by atoms with Crippen molar-refractivity contribution in [2.24, 2.45) is 0 Å². The van der Waals surface area contributed by atoms with Crippen molar-refractivity contribution in [3.63, 3.8) is 0 Å². The quantitative estimate of drug-likeness (QED) is 0.763. The minimum atomic E-state index is -0.599. The van der Waals surface area contributed by atoms with Gasteiger partial charge in [0.05, 0.1) is 0 Å². The molecule has 6 nitrogen and oxygen atoms in total. The van der Waals surface area contributed by atoms with Gasteiger partial charge in [0, 0.05) is 19.7 Å². The van der Waals surface area contributed by atoms with Gasteiger partial charge in [-0.05, 0) is 45.2 Å². The van der Waals surface area contributed by atoms with E-state index in [0.29, 0.717) is 18.2 Å². The molecule has 28 heavy (non-hydrogen) atoms. The second-order valence-corrected chi connectivity index (χ2v) is 7.87. The first-order valence-corrected chi connectivity index (χ1v) is 9.50. The number of carbonyl (C=O) groups is 1. The SMILES string of the molecule is CCc1c(C)c(N(C)C)nc(NC(=O)OC(C)(C)C)c1OCc1ccccc1. The zero-order valence-electron chi connectivity index (χ0n) is 17.9. The van der Waals surface area contributed by atoms with Crippen molar-refractivity contribution in [1.82, 2.24) is 4.98 Å². The summed E-state index contributed by atoms with van der Waals surface area (Å²) in [4.78, 5) is 19.0. The molecule has 2 rings (SSSR count). The molecule has 152 valence electrons. The number of hydrogen-bond acceptors (Lipinski definition) is 5. The van der Waals surface area contributed by atoms with E-state index >= 15 is 0 Å². The average molecular weight is 386 g/mol. The number of aromatic nitrogens is 1. The third kappa shape index (κ3) is 5.62. The Bertz CT molecular complexity index is 812. The molecule has 0 fully saturated rings. The van der Waals surface area contributed by atoms with E-state index in [9.17, 15) is 4.79 Å². The van der Waals surface area contributed by atoms with E-state index in [2.05, 4.69) is 17.2 Å². The predicted molar refractivity (Wildman–Crippen MR) is 113 cm³/mol. The van der Waals surface area contributed by atoms with Crippen LogP contribution in [-0.4, -0.2) is 30.8 Å². The Morgan fingerprint density at radius 2 is 1.82 bits per heavy atom. The Morgan fingerprint density at radius 1 is 1.18 bits per heavy atom. The first-order valence-electron chi connectivity index (χ1n) is 9.50. The molecule has 0 atom stereocenters. The van der Waals surface area contributed by atoms with Crippen molar-refractivity contribution in [1.29, 1.82) is 0 Å². The van der Waals surface area contributed by atoms with Crippen molar-refractivity contribution in [2.45, 2.75) is 53.2 Å². The summed E-state index contributed by atoms with van der Waals surface area (Å²) in [7, 11) is 3.85. The van der Waals surface area contributed by atoms with Crippen LogP contribution in [0.4, 0.5) is 16.4 Å². The number of rotatable bonds is 6. The van der Waals surface area contributed by atoms with E-state index < -0.39 is 11.7 Å². The lowest BCUT2D eigenvalue weighted by molar-refractivity contribution is 0.0634. The van der Waals surface area contributed by atoms with E-state index in [1.807, 2.05) is 77.0 Å². The molecule has 1 N–H and O–H groups in total. The number of hydrogen-bond donors (Lipinski definition) is 1. The van der Waals surface area contributed by atoms with Gasteiger partial charge in [-0.25, -0.2) is 9.78 Å². The Balaban J connectivity index is 2.43. The summed E-state index contributed by atoms with van der Waals surface area (Å²) in [6.45, 7) is 9.95. The summed E-state index contributed by atoms with van der Waals surface area (Å²) in [6, 6.07) is 9.91. The Labute approximate surface area is 167 Å². The highest BCUT2D eigenvalue weighted by Gasteiger charge is 2.23. The van der Waals surface area contributed by atoms with E-state index in [1.165, 1.54) is 0 Å². The third-order valence-corrected chi connectivity index (χ3v) is 4.12. The minimum absolute atomic E-state index is 0.372. The average Bonchev–Trinajstić information content (AvgIpc) is 2.60. The van der Waals surface area contributed by atoms with Crippen molar-refractivity contribution >= 4 is 17.7 Å². The van der Waals surface area contributed by atoms with Crippen molar-refractivity contribution in [3.8, 4) is 5.75 Å². The maximum absolute atomic E-state index is 12.4. The monoisotopic (exact) mass is 385 g/mol. The van der Waals surface area contributed by atoms with Crippen molar-refractivity contribution in [3.05, 3.63) is 47.0 Å². The fourth-order valence-electron chi connectivity index (χ4n) is 2.92. The molecular formula is C22H31N3O3. The third-order valence-electron chi connectivity index (χ3n) is 4.12. The van der Waals surface area contributed by atoms with Gasteiger partial charge in [-0.3, -0.25) is 5.32 Å². The van der Waals surface area contributed by atoms with Crippen LogP contribution >= 0.6 is 0 Å². The van der Waals surface area contributed by atoms with Crippen LogP contribution in [0.2, 0.25) is 0 Å². The van der Waals surface area contributed by atoms with Crippen LogP contribution in [0, 0.1) is 6.92 Å². The zero-order valence-corrected chi connectivity index (χ0v) is 17.9. The second kappa shape index (κ2) is 8.95. The number of carbonyl (C=O) groups excluding carboxylic acids is 1. The molecule has 1 amide bonds. The summed E-state index contributed by atoms with van der Waals surface area (Å²) < 4.78 is 11.5. The molecule has 2 aromatic rings. The van der Waals surface area contributed by atoms with Gasteiger partial charge in [0.1, 0.15) is 18.0 Å². The van der Waals surface area contributed by atoms with Gasteiger partial charge in [-0.2, -0.15) is 0 Å². The fourth-order valence-corrected chi connectivity index (χ4v) is 2.92. The van der Waals surface area contributed by atoms with E-state index in [0.717, 1.165) is 28.9 Å². The van der Waals surface area contributed by atoms with Gasteiger partial charge in [0.2, 0.25) is 0 Å². The van der Waals surface area contributed by atoms with Gasteiger partial charge in [0.15, 0.2) is 11.6 Å². The second-order valence-electron chi connectivity index (χ2n) is 7.87. The molecule has 1 aromatic carbocycles. The minimum Gasteiger partial charge on any atom is -0.485 e. The summed E-state index contributed by atoms with van der Waals surface area (Å²) in [5.74, 6) is 1.74. The molecule has 6 heteroatoms. The highest BCUT2D eigenvalue weighted by atomic mass is 16.6. The number of anilines is 2. The van der Waals surface area contributed by atoms with Gasteiger partial charge >= 0.3 is 6.09 Å². The van der Waals surface area contributed by atoms with E-state index in [1.54, 1.807) is 0 Å². The van der Waals surface area contributed by atoms with E-state index in [-0.39, 0.29) is 0 Å². The highest BCUT2D eigenvalue weighted by Crippen LogP contribution is 2.36. The zero-order chi connectivity index (χ0) is 20.9. The standard InChI is InChI=1S/C22H31N3O3/c1-8-17-15(2)20(25(6)7)23-19(24-21(26)28-22(3,4)5)18(17)27-14-16-12-10-9-11-13-16/h9-13H,8,14H2,1-7H3,(H,23,24,26). The number of nitrogens with zero attached hydrogens (tertiary/aromatic N) is 2. The molecule has 0 saturated heterocycles. The van der Waals surface area contributed by atoms with Crippen LogP contribution in [0.25, 0.3) is 0 Å². The molecule has 0 aliphatic heterocycles. The van der Waals surface area contributed by atoms with E-state index in [4.69, 9.17) is 9.47 Å². The number of pyridine rings is 1. The molecule has 1 aromatic heterocycles. The molecule has 0 radical (unpaired) electrons. The van der Waals surface area contributed by atoms with Crippen molar-refractivity contribution < 1.29 is 14.3 Å². The van der Waals surface area contributed by atoms with Crippen LogP contribution < -0.4 is 15.0 Å². The summed E-state index contributed by atoms with van der Waals surface area (Å²) in [5.41, 5.74) is 2.49. The molecule has 0 saturated carbocycles. The first-order chi connectivity index (χ1) is 13.1. The number of amides is 1.